The number of nitrogens with two attached hydrogens (primary N) is 1. The van der Waals surface area contributed by atoms with Gasteiger partial charge in [0.15, 0.2) is 0 Å². The van der Waals surface area contributed by atoms with E-state index in [1.807, 2.05) is 7.05 Å². The lowest BCUT2D eigenvalue weighted by Crippen LogP contribution is -2.46. The number of likely N-dealkylation sites (N-methyl/N-ethyl adjacent to an activating group) is 1. The molecule has 0 aliphatic heterocycles. The zero-order valence-electron chi connectivity index (χ0n) is 8.50. The fourth-order valence-electron chi connectivity index (χ4n) is 2.18. The zero-order chi connectivity index (χ0) is 9.68. The molecule has 0 aromatic heterocycles. The lowest BCUT2D eigenvalue weighted by Gasteiger charge is -2.30. The summed E-state index contributed by atoms with van der Waals surface area (Å²) in [5.74, 6) is 0.442. The van der Waals surface area contributed by atoms with Crippen molar-refractivity contribution in [3.8, 4) is 0 Å². The van der Waals surface area contributed by atoms with Crippen LogP contribution in [0.4, 0.5) is 0 Å². The van der Waals surface area contributed by atoms with Crippen molar-refractivity contribution in [3.63, 3.8) is 0 Å². The van der Waals surface area contributed by atoms with Gasteiger partial charge in [0.1, 0.15) is 0 Å². The van der Waals surface area contributed by atoms with Gasteiger partial charge in [-0.2, -0.15) is 0 Å². The van der Waals surface area contributed by atoms with Crippen molar-refractivity contribution >= 4 is 0 Å². The Morgan fingerprint density at radius 3 is 2.54 bits per heavy atom. The van der Waals surface area contributed by atoms with Gasteiger partial charge in [-0.05, 0) is 25.8 Å². The fraction of sp³-hybridized carbons (Fsp3) is 1.00. The summed E-state index contributed by atoms with van der Waals surface area (Å²) in [5, 5.41) is 12.9. The molecule has 3 nitrogen and oxygen atoms in total. The maximum atomic E-state index is 9.91. The average Bonchev–Trinajstić information content (AvgIpc) is 2.18. The van der Waals surface area contributed by atoms with Gasteiger partial charge in [-0.3, -0.25) is 0 Å². The summed E-state index contributed by atoms with van der Waals surface area (Å²) in [5.41, 5.74) is 5.85. The molecule has 0 aromatic carbocycles. The highest BCUT2D eigenvalue weighted by molar-refractivity contribution is 4.82. The van der Waals surface area contributed by atoms with E-state index in [1.54, 1.807) is 0 Å². The smallest absolute Gasteiger partial charge is 0.0731 e. The predicted octanol–water partition coefficient (Wildman–Crippen LogP) is 0.474. The molecule has 0 bridgehead atoms. The molecule has 1 aliphatic carbocycles. The third-order valence-electron chi connectivity index (χ3n) is 3.01. The third-order valence-corrected chi connectivity index (χ3v) is 3.01. The van der Waals surface area contributed by atoms with E-state index in [4.69, 9.17) is 5.73 Å². The molecular weight excluding hydrogens is 164 g/mol. The zero-order valence-corrected chi connectivity index (χ0v) is 8.50. The first-order valence-corrected chi connectivity index (χ1v) is 5.34. The molecule has 1 aliphatic rings. The van der Waals surface area contributed by atoms with E-state index in [1.165, 1.54) is 19.3 Å². The van der Waals surface area contributed by atoms with Gasteiger partial charge < -0.3 is 16.2 Å². The first-order valence-electron chi connectivity index (χ1n) is 5.34. The van der Waals surface area contributed by atoms with Crippen LogP contribution in [0.5, 0.6) is 0 Å². The highest BCUT2D eigenvalue weighted by Gasteiger charge is 2.25. The molecule has 0 amide bonds. The Labute approximate surface area is 80.7 Å². The van der Waals surface area contributed by atoms with E-state index in [9.17, 15) is 5.11 Å². The number of nitrogens with one attached hydrogen (secondary N) is 1. The summed E-state index contributed by atoms with van der Waals surface area (Å²) in [6.07, 6.45) is 5.83. The van der Waals surface area contributed by atoms with Gasteiger partial charge in [-0.1, -0.05) is 19.3 Å². The van der Waals surface area contributed by atoms with E-state index in [-0.39, 0.29) is 12.1 Å². The number of aliphatic hydroxyl groups is 1. The van der Waals surface area contributed by atoms with Gasteiger partial charge in [0.05, 0.1) is 6.10 Å². The number of aliphatic hydroxyl groups excluding tert-OH is 1. The van der Waals surface area contributed by atoms with Crippen molar-refractivity contribution in [1.29, 1.82) is 0 Å². The largest absolute Gasteiger partial charge is 0.391 e. The first-order chi connectivity index (χ1) is 6.25. The Kier molecular flexibility index (Phi) is 4.70. The molecule has 0 saturated heterocycles. The number of rotatable bonds is 4. The molecule has 4 N–H and O–H groups in total. The highest BCUT2D eigenvalue weighted by Crippen LogP contribution is 2.27. The van der Waals surface area contributed by atoms with E-state index in [0.717, 1.165) is 12.8 Å². The predicted molar refractivity (Wildman–Crippen MR) is 54.5 cm³/mol. The topological polar surface area (TPSA) is 58.3 Å². The fourth-order valence-corrected chi connectivity index (χ4v) is 2.18. The summed E-state index contributed by atoms with van der Waals surface area (Å²) >= 11 is 0. The Morgan fingerprint density at radius 2 is 2.00 bits per heavy atom. The SMILES string of the molecule is CNC[C@@H](N)[C@@H](O)C1CCCCC1. The van der Waals surface area contributed by atoms with E-state index in [0.29, 0.717) is 12.5 Å². The monoisotopic (exact) mass is 186 g/mol. The second-order valence-corrected chi connectivity index (χ2v) is 4.11. The van der Waals surface area contributed by atoms with Gasteiger partial charge in [0, 0.05) is 12.6 Å². The van der Waals surface area contributed by atoms with Crippen molar-refractivity contribution < 1.29 is 5.11 Å². The molecule has 78 valence electrons. The van der Waals surface area contributed by atoms with Crippen LogP contribution in [0.2, 0.25) is 0 Å². The normalized spacial score (nSPS) is 24.2. The van der Waals surface area contributed by atoms with E-state index in [2.05, 4.69) is 5.32 Å². The van der Waals surface area contributed by atoms with Crippen LogP contribution in [0.15, 0.2) is 0 Å². The minimum atomic E-state index is -0.312. The average molecular weight is 186 g/mol. The van der Waals surface area contributed by atoms with Crippen molar-refractivity contribution in [2.45, 2.75) is 44.2 Å². The summed E-state index contributed by atoms with van der Waals surface area (Å²) < 4.78 is 0. The minimum Gasteiger partial charge on any atom is -0.391 e. The molecule has 1 fully saturated rings. The van der Waals surface area contributed by atoms with Gasteiger partial charge in [-0.15, -0.1) is 0 Å². The first kappa shape index (κ1) is 11.0. The van der Waals surface area contributed by atoms with Gasteiger partial charge >= 0.3 is 0 Å². The molecule has 3 heteroatoms. The van der Waals surface area contributed by atoms with Crippen LogP contribution in [0.3, 0.4) is 0 Å². The molecule has 1 rings (SSSR count). The molecule has 1 saturated carbocycles. The molecule has 0 heterocycles. The van der Waals surface area contributed by atoms with Gasteiger partial charge in [0.2, 0.25) is 0 Å². The van der Waals surface area contributed by atoms with Crippen molar-refractivity contribution in [2.24, 2.45) is 11.7 Å². The lowest BCUT2D eigenvalue weighted by atomic mass is 9.83. The Hall–Kier alpha value is -0.120. The summed E-state index contributed by atoms with van der Waals surface area (Å²) in [6, 6.07) is -0.104. The summed E-state index contributed by atoms with van der Waals surface area (Å²) in [4.78, 5) is 0. The number of hydrogen-bond donors (Lipinski definition) is 3. The molecule has 13 heavy (non-hydrogen) atoms. The van der Waals surface area contributed by atoms with Crippen LogP contribution in [0.1, 0.15) is 32.1 Å². The quantitative estimate of drug-likeness (QED) is 0.598. The van der Waals surface area contributed by atoms with Crippen LogP contribution in [0, 0.1) is 5.92 Å². The van der Waals surface area contributed by atoms with Crippen LogP contribution in [-0.4, -0.2) is 30.8 Å². The van der Waals surface area contributed by atoms with Crippen LogP contribution in [-0.2, 0) is 0 Å². The Bertz CT molecular complexity index is 135. The Balaban J connectivity index is 2.31. The molecule has 0 unspecified atom stereocenters. The van der Waals surface area contributed by atoms with Gasteiger partial charge in [-0.25, -0.2) is 0 Å². The second kappa shape index (κ2) is 5.58. The highest BCUT2D eigenvalue weighted by atomic mass is 16.3. The van der Waals surface area contributed by atoms with Crippen LogP contribution < -0.4 is 11.1 Å². The Morgan fingerprint density at radius 1 is 1.38 bits per heavy atom. The second-order valence-electron chi connectivity index (χ2n) is 4.11. The van der Waals surface area contributed by atoms with Crippen molar-refractivity contribution in [1.82, 2.24) is 5.32 Å². The minimum absolute atomic E-state index is 0.104. The summed E-state index contributed by atoms with van der Waals surface area (Å²) in [6.45, 7) is 0.706. The molecule has 0 radical (unpaired) electrons. The lowest BCUT2D eigenvalue weighted by molar-refractivity contribution is 0.0624. The van der Waals surface area contributed by atoms with E-state index < -0.39 is 0 Å². The maximum absolute atomic E-state index is 9.91. The van der Waals surface area contributed by atoms with Crippen molar-refractivity contribution in [3.05, 3.63) is 0 Å². The number of hydrogen-bond acceptors (Lipinski definition) is 3. The summed E-state index contributed by atoms with van der Waals surface area (Å²) in [7, 11) is 1.87. The maximum Gasteiger partial charge on any atom is 0.0731 e. The van der Waals surface area contributed by atoms with E-state index >= 15 is 0 Å². The van der Waals surface area contributed by atoms with Gasteiger partial charge in [0.25, 0.3) is 0 Å². The molecule has 0 spiro atoms. The molecular formula is C10H22N2O. The molecule has 2 atom stereocenters. The van der Waals surface area contributed by atoms with Crippen molar-refractivity contribution in [2.75, 3.05) is 13.6 Å². The standard InChI is InChI=1S/C10H22N2O/c1-12-7-9(11)10(13)8-5-3-2-4-6-8/h8-10,12-13H,2-7,11H2,1H3/t9-,10+/m1/s1. The third kappa shape index (κ3) is 3.25. The van der Waals surface area contributed by atoms with Crippen LogP contribution in [0.25, 0.3) is 0 Å². The van der Waals surface area contributed by atoms with Crippen LogP contribution >= 0.6 is 0 Å². The molecule has 0 aromatic rings.